The summed E-state index contributed by atoms with van der Waals surface area (Å²) in [7, 11) is 0. The third-order valence-electron chi connectivity index (χ3n) is 6.70. The minimum absolute atomic E-state index is 0.0122. The average molecular weight is 484 g/mol. The molecule has 0 amide bonds. The third-order valence-corrected chi connectivity index (χ3v) is 6.70. The van der Waals surface area contributed by atoms with Crippen molar-refractivity contribution in [2.75, 3.05) is 11.4 Å². The first-order chi connectivity index (χ1) is 17.0. The number of nitrogens with two attached hydrogens (primary N) is 1. The van der Waals surface area contributed by atoms with Crippen molar-refractivity contribution in [2.24, 2.45) is 10.9 Å². The number of hydrogen-bond donors (Lipinski definition) is 2. The standard InChI is InChI=1S/C25H27F2N5O3/c1-14-11-17(9-10-32(14)21-8-7-16(12-29-21)25(28)30-33)34-13-18-23(31-35-24(18)15-5-6-15)22-19(26)3-2-4-20(22)27/h2-4,7-8,12,14-15,17,33H,5-6,9-11,13H2,1H3,(H2,28,30)/t14-,17-/m1/s1. The zero-order valence-electron chi connectivity index (χ0n) is 19.3. The van der Waals surface area contributed by atoms with Crippen molar-refractivity contribution in [3.8, 4) is 11.3 Å². The van der Waals surface area contributed by atoms with E-state index in [0.29, 0.717) is 16.9 Å². The number of benzene rings is 1. The number of oxime groups is 1. The van der Waals surface area contributed by atoms with Crippen LogP contribution in [0.4, 0.5) is 14.6 Å². The highest BCUT2D eigenvalue weighted by Gasteiger charge is 2.35. The Morgan fingerprint density at radius 3 is 2.63 bits per heavy atom. The summed E-state index contributed by atoms with van der Waals surface area (Å²) in [4.78, 5) is 6.64. The predicted octanol–water partition coefficient (Wildman–Crippen LogP) is 4.56. The summed E-state index contributed by atoms with van der Waals surface area (Å²) in [5.74, 6) is 0.368. The van der Waals surface area contributed by atoms with Gasteiger partial charge in [0.2, 0.25) is 0 Å². The molecule has 2 atom stereocenters. The van der Waals surface area contributed by atoms with Crippen LogP contribution in [-0.4, -0.2) is 39.9 Å². The normalized spacial score (nSPS) is 20.9. The molecular formula is C25H27F2N5O3. The van der Waals surface area contributed by atoms with Gasteiger partial charge >= 0.3 is 0 Å². The first kappa shape index (κ1) is 23.2. The summed E-state index contributed by atoms with van der Waals surface area (Å²) in [5.41, 5.74) is 6.80. The van der Waals surface area contributed by atoms with Crippen LogP contribution in [0.3, 0.4) is 0 Å². The highest BCUT2D eigenvalue weighted by atomic mass is 19.1. The Hall–Kier alpha value is -3.53. The molecule has 35 heavy (non-hydrogen) atoms. The highest BCUT2D eigenvalue weighted by Crippen LogP contribution is 2.45. The van der Waals surface area contributed by atoms with E-state index in [2.05, 4.69) is 27.1 Å². The third kappa shape index (κ3) is 4.70. The molecule has 1 aliphatic heterocycles. The van der Waals surface area contributed by atoms with Crippen molar-refractivity contribution in [1.82, 2.24) is 10.1 Å². The molecule has 0 radical (unpaired) electrons. The molecule has 2 aliphatic rings. The molecule has 1 saturated carbocycles. The minimum Gasteiger partial charge on any atom is -0.409 e. The van der Waals surface area contributed by atoms with Crippen molar-refractivity contribution in [3.05, 3.63) is 65.1 Å². The van der Waals surface area contributed by atoms with Crippen LogP contribution in [0.15, 0.2) is 46.2 Å². The van der Waals surface area contributed by atoms with Crippen molar-refractivity contribution in [3.63, 3.8) is 0 Å². The van der Waals surface area contributed by atoms with Gasteiger partial charge < -0.3 is 25.1 Å². The van der Waals surface area contributed by atoms with Gasteiger partial charge in [-0.25, -0.2) is 13.8 Å². The van der Waals surface area contributed by atoms with E-state index in [1.807, 2.05) is 6.07 Å². The number of aromatic nitrogens is 2. The second-order valence-corrected chi connectivity index (χ2v) is 9.14. The number of pyridine rings is 1. The van der Waals surface area contributed by atoms with Gasteiger partial charge in [-0.05, 0) is 56.9 Å². The Bertz CT molecular complexity index is 1210. The van der Waals surface area contributed by atoms with Gasteiger partial charge in [-0.3, -0.25) is 0 Å². The van der Waals surface area contributed by atoms with Crippen LogP contribution >= 0.6 is 0 Å². The molecule has 1 saturated heterocycles. The molecule has 3 aromatic rings. The zero-order valence-corrected chi connectivity index (χ0v) is 19.3. The number of hydrogen-bond acceptors (Lipinski definition) is 7. The molecule has 3 heterocycles. The lowest BCUT2D eigenvalue weighted by Crippen LogP contribution is -2.44. The largest absolute Gasteiger partial charge is 0.409 e. The van der Waals surface area contributed by atoms with Crippen LogP contribution in [0.25, 0.3) is 11.3 Å². The number of amidine groups is 1. The van der Waals surface area contributed by atoms with E-state index in [4.69, 9.17) is 20.2 Å². The lowest BCUT2D eigenvalue weighted by Gasteiger charge is -2.38. The molecule has 0 spiro atoms. The highest BCUT2D eigenvalue weighted by molar-refractivity contribution is 5.96. The van der Waals surface area contributed by atoms with Gasteiger partial charge in [0, 0.05) is 35.8 Å². The van der Waals surface area contributed by atoms with Gasteiger partial charge in [0.25, 0.3) is 0 Å². The molecule has 5 rings (SSSR count). The summed E-state index contributed by atoms with van der Waals surface area (Å²) < 4.78 is 40.8. The predicted molar refractivity (Wildman–Crippen MR) is 125 cm³/mol. The number of halogens is 2. The maximum absolute atomic E-state index is 14.5. The van der Waals surface area contributed by atoms with E-state index in [1.165, 1.54) is 18.2 Å². The fraction of sp³-hybridized carbons (Fsp3) is 0.400. The smallest absolute Gasteiger partial charge is 0.171 e. The Balaban J connectivity index is 1.28. The number of piperidine rings is 1. The number of nitrogens with zero attached hydrogens (tertiary/aromatic N) is 4. The average Bonchev–Trinajstić information content (AvgIpc) is 3.62. The quantitative estimate of drug-likeness (QED) is 0.219. The molecule has 2 fully saturated rings. The van der Waals surface area contributed by atoms with E-state index < -0.39 is 11.6 Å². The number of anilines is 1. The van der Waals surface area contributed by atoms with Gasteiger partial charge in [-0.2, -0.15) is 0 Å². The first-order valence-corrected chi connectivity index (χ1v) is 11.7. The van der Waals surface area contributed by atoms with Crippen LogP contribution in [0, 0.1) is 11.6 Å². The molecular weight excluding hydrogens is 456 g/mol. The monoisotopic (exact) mass is 483 g/mol. The van der Waals surface area contributed by atoms with Crippen LogP contribution in [-0.2, 0) is 11.3 Å². The second-order valence-electron chi connectivity index (χ2n) is 9.14. The molecule has 10 heteroatoms. The summed E-state index contributed by atoms with van der Waals surface area (Å²) in [6.45, 7) is 3.02. The Morgan fingerprint density at radius 1 is 1.23 bits per heavy atom. The Kier molecular flexibility index (Phi) is 6.38. The van der Waals surface area contributed by atoms with E-state index in [1.54, 1.807) is 12.3 Å². The molecule has 1 aliphatic carbocycles. The van der Waals surface area contributed by atoms with Crippen molar-refractivity contribution >= 4 is 11.7 Å². The summed E-state index contributed by atoms with van der Waals surface area (Å²) in [6.07, 6.45) is 5.02. The lowest BCUT2D eigenvalue weighted by molar-refractivity contribution is 0.0174. The van der Waals surface area contributed by atoms with Gasteiger partial charge in [0.15, 0.2) is 5.84 Å². The number of ether oxygens (including phenoxy) is 1. The summed E-state index contributed by atoms with van der Waals surface area (Å²) in [5, 5.41) is 15.9. The summed E-state index contributed by atoms with van der Waals surface area (Å²) >= 11 is 0. The maximum Gasteiger partial charge on any atom is 0.171 e. The van der Waals surface area contributed by atoms with Crippen LogP contribution < -0.4 is 10.6 Å². The van der Waals surface area contributed by atoms with Crippen molar-refractivity contribution < 1.29 is 23.2 Å². The van der Waals surface area contributed by atoms with E-state index >= 15 is 0 Å². The van der Waals surface area contributed by atoms with Gasteiger partial charge in [-0.15, -0.1) is 0 Å². The molecule has 2 aromatic heterocycles. The van der Waals surface area contributed by atoms with Crippen molar-refractivity contribution in [1.29, 1.82) is 0 Å². The fourth-order valence-corrected chi connectivity index (χ4v) is 4.64. The molecule has 184 valence electrons. The zero-order chi connectivity index (χ0) is 24.5. The lowest BCUT2D eigenvalue weighted by atomic mass is 10.00. The van der Waals surface area contributed by atoms with Gasteiger partial charge in [0.05, 0.1) is 18.3 Å². The second kappa shape index (κ2) is 9.61. The fourth-order valence-electron chi connectivity index (χ4n) is 4.64. The van der Waals surface area contributed by atoms with Gasteiger partial charge in [0.1, 0.15) is 28.9 Å². The maximum atomic E-state index is 14.5. The molecule has 3 N–H and O–H groups in total. The SMILES string of the molecule is C[C@@H]1C[C@H](OCc2c(-c3c(F)cccc3F)noc2C2CC2)CCN1c1ccc(C(N)=NO)cn1. The first-order valence-electron chi connectivity index (χ1n) is 11.7. The summed E-state index contributed by atoms with van der Waals surface area (Å²) in [6, 6.07) is 7.54. The van der Waals surface area contributed by atoms with E-state index in [-0.39, 0.29) is 41.8 Å². The topological polar surface area (TPSA) is 110 Å². The Labute approximate surface area is 201 Å². The number of rotatable bonds is 7. The van der Waals surface area contributed by atoms with Crippen LogP contribution in [0.2, 0.25) is 0 Å². The molecule has 0 unspecified atom stereocenters. The van der Waals surface area contributed by atoms with E-state index in [9.17, 15) is 8.78 Å². The Morgan fingerprint density at radius 2 is 2.00 bits per heavy atom. The minimum atomic E-state index is -0.672. The van der Waals surface area contributed by atoms with Gasteiger partial charge in [-0.1, -0.05) is 16.4 Å². The van der Waals surface area contributed by atoms with Crippen LogP contribution in [0.5, 0.6) is 0 Å². The van der Waals surface area contributed by atoms with E-state index in [0.717, 1.165) is 38.0 Å². The molecule has 1 aromatic carbocycles. The van der Waals surface area contributed by atoms with Crippen LogP contribution in [0.1, 0.15) is 55.4 Å². The van der Waals surface area contributed by atoms with Crippen molar-refractivity contribution in [2.45, 2.75) is 57.3 Å². The molecule has 0 bridgehead atoms. The molecule has 8 nitrogen and oxygen atoms in total.